The van der Waals surface area contributed by atoms with Crippen molar-refractivity contribution in [1.82, 2.24) is 31.9 Å². The van der Waals surface area contributed by atoms with Gasteiger partial charge in [0.1, 0.15) is 32.0 Å². The molecule has 2 aliphatic heterocycles. The van der Waals surface area contributed by atoms with Gasteiger partial charge in [-0.1, -0.05) is 63.5 Å². The summed E-state index contributed by atoms with van der Waals surface area (Å²) in [7, 11) is 1.35. The first-order valence-electron chi connectivity index (χ1n) is 37.0. The van der Waals surface area contributed by atoms with E-state index in [1.165, 1.54) is 7.11 Å². The molecule has 6 amide bonds. The SMILES string of the molecule is COC(=O)[C@H]1CCCC[C@@H]1NC(=O)C[C@H](Cc1ccc2c(c1)OCCOCCOCCOCCOCCO2)NC(=O)[C@H]1CCCC[C@@H]1NC(=O)[C@H]1CCCC[C@@H]1NC(=O)C[C@H](Cc1ccc2c(c1)OCCOCCOCCOCCOCCO2)NC(=O)[C@H]1CCCC[C@@H]1NC(=O)OC(C)(C)C. The van der Waals surface area contributed by atoms with Gasteiger partial charge in [-0.3, -0.25) is 28.8 Å². The molecule has 101 heavy (non-hydrogen) atoms. The van der Waals surface area contributed by atoms with Gasteiger partial charge < -0.3 is 98.2 Å². The Labute approximate surface area is 595 Å². The minimum Gasteiger partial charge on any atom is -0.487 e. The highest BCUT2D eigenvalue weighted by atomic mass is 16.6. The summed E-state index contributed by atoms with van der Waals surface area (Å²) < 4.78 is 81.0. The van der Waals surface area contributed by atoms with E-state index in [2.05, 4.69) is 31.9 Å². The molecule has 566 valence electrons. The highest BCUT2D eigenvalue weighted by Crippen LogP contribution is 2.34. The molecule has 0 saturated heterocycles. The van der Waals surface area contributed by atoms with Gasteiger partial charge in [-0.2, -0.15) is 0 Å². The van der Waals surface area contributed by atoms with Crippen LogP contribution in [0.3, 0.4) is 0 Å². The summed E-state index contributed by atoms with van der Waals surface area (Å²) in [4.78, 5) is 99.4. The van der Waals surface area contributed by atoms with Crippen LogP contribution in [-0.4, -0.2) is 223 Å². The number of esters is 1. The van der Waals surface area contributed by atoms with E-state index in [-0.39, 0.29) is 101 Å². The minimum absolute atomic E-state index is 0.109. The van der Waals surface area contributed by atoms with Gasteiger partial charge in [0.2, 0.25) is 29.5 Å². The molecule has 4 aliphatic carbocycles. The molecular formula is C74H114N6O21. The van der Waals surface area contributed by atoms with E-state index < -0.39 is 71.6 Å². The normalized spacial score (nSPS) is 25.3. The van der Waals surface area contributed by atoms with Crippen molar-refractivity contribution >= 4 is 41.6 Å². The summed E-state index contributed by atoms with van der Waals surface area (Å²) in [5, 5.41) is 19.1. The van der Waals surface area contributed by atoms with E-state index in [1.54, 1.807) is 32.9 Å². The maximum atomic E-state index is 15.0. The quantitative estimate of drug-likeness (QED) is 0.0908. The molecule has 0 unspecified atom stereocenters. The standard InChI is InChI=1S/C74H114N6O21/c1-74(2,3)101-73(87)80-61-19-11-7-15-57(61)70(84)76-53(45-51-21-23-63-65(47-51)99-43-39-95-35-31-91-27-25-89-29-33-93-37-41-97-63)49-67(81)77-59-17-9-5-13-55(59)71(85)79-60-18-10-6-14-56(60)69(83)75-54(50-68(82)78-62-20-12-8-16-58(62)72(86)88-4)46-52-22-24-64-66(48-52)100-44-40-96-36-32-92-28-26-90-30-34-94-38-42-98-64/h21-24,47-48,53-62H,5-20,25-46,49-50H2,1-4H3,(H,75,83)(H,76,84)(H,77,81)(H,78,82)(H,79,85)(H,80,87)/t53-,54-,55-,56-,57-,58-,59-,60-,61-,62-/m0/s1. The van der Waals surface area contributed by atoms with Crippen molar-refractivity contribution in [3.63, 3.8) is 0 Å². The molecule has 10 atom stereocenters. The molecule has 8 rings (SSSR count). The number of hydrogen-bond acceptors (Lipinski definition) is 21. The first-order chi connectivity index (χ1) is 49.1. The van der Waals surface area contributed by atoms with Crippen LogP contribution in [0.2, 0.25) is 0 Å². The fourth-order valence-electron chi connectivity index (χ4n) is 14.0. The van der Waals surface area contributed by atoms with Crippen molar-refractivity contribution in [1.29, 1.82) is 0 Å². The van der Waals surface area contributed by atoms with E-state index in [0.717, 1.165) is 62.5 Å². The number of fused-ring (bicyclic) bond motifs is 2. The largest absolute Gasteiger partial charge is 0.487 e. The van der Waals surface area contributed by atoms with Crippen LogP contribution < -0.4 is 50.8 Å². The lowest BCUT2D eigenvalue weighted by molar-refractivity contribution is -0.148. The molecule has 2 aromatic carbocycles. The zero-order valence-corrected chi connectivity index (χ0v) is 60.1. The monoisotopic (exact) mass is 1420 g/mol. The van der Waals surface area contributed by atoms with Crippen LogP contribution in [-0.2, 0) is 89.0 Å². The lowest BCUT2D eigenvalue weighted by atomic mass is 9.81. The van der Waals surface area contributed by atoms with Crippen molar-refractivity contribution in [3.05, 3.63) is 47.5 Å². The molecule has 0 radical (unpaired) electrons. The lowest BCUT2D eigenvalue weighted by Gasteiger charge is -2.36. The van der Waals surface area contributed by atoms with Gasteiger partial charge in [-0.25, -0.2) is 4.79 Å². The van der Waals surface area contributed by atoms with Crippen LogP contribution in [0.1, 0.15) is 147 Å². The summed E-state index contributed by atoms with van der Waals surface area (Å²) in [6.07, 6.45) is 10.2. The Kier molecular flexibility index (Phi) is 35.0. The molecular weight excluding hydrogens is 1310 g/mol. The Hall–Kier alpha value is -6.59. The third-order valence-corrected chi connectivity index (χ3v) is 19.0. The van der Waals surface area contributed by atoms with Crippen LogP contribution in [0.15, 0.2) is 36.4 Å². The molecule has 6 N–H and O–H groups in total. The maximum absolute atomic E-state index is 15.0. The molecule has 27 nitrogen and oxygen atoms in total. The Bertz CT molecular complexity index is 2860. The van der Waals surface area contributed by atoms with Crippen LogP contribution in [0.5, 0.6) is 23.0 Å². The maximum Gasteiger partial charge on any atom is 0.407 e. The van der Waals surface area contributed by atoms with Crippen molar-refractivity contribution < 1.29 is 99.9 Å². The fraction of sp³-hybridized carbons (Fsp3) is 0.743. The first kappa shape index (κ1) is 80.1. The Morgan fingerprint density at radius 1 is 0.386 bits per heavy atom. The highest BCUT2D eigenvalue weighted by molar-refractivity contribution is 5.86. The van der Waals surface area contributed by atoms with E-state index in [4.69, 9.17) is 66.3 Å². The van der Waals surface area contributed by atoms with Gasteiger partial charge in [0, 0.05) is 49.1 Å². The Morgan fingerprint density at radius 3 is 1.06 bits per heavy atom. The molecule has 4 saturated carbocycles. The molecule has 2 aromatic rings. The van der Waals surface area contributed by atoms with Gasteiger partial charge in [-0.15, -0.1) is 0 Å². The molecule has 0 spiro atoms. The average Bonchev–Trinajstić information content (AvgIpc) is 0.837. The van der Waals surface area contributed by atoms with Crippen LogP contribution in [0.4, 0.5) is 4.79 Å². The average molecular weight is 1420 g/mol. The molecule has 0 bridgehead atoms. The highest BCUT2D eigenvalue weighted by Gasteiger charge is 2.40. The van der Waals surface area contributed by atoms with Gasteiger partial charge in [0.05, 0.1) is 136 Å². The number of rotatable bonds is 18. The van der Waals surface area contributed by atoms with Crippen LogP contribution in [0.25, 0.3) is 0 Å². The zero-order chi connectivity index (χ0) is 71.4. The first-order valence-corrected chi connectivity index (χ1v) is 37.0. The Morgan fingerprint density at radius 2 is 0.693 bits per heavy atom. The van der Waals surface area contributed by atoms with Crippen molar-refractivity contribution in [2.45, 2.75) is 191 Å². The number of amides is 6. The molecule has 2 heterocycles. The second kappa shape index (κ2) is 44.2. The van der Waals surface area contributed by atoms with Crippen LogP contribution >= 0.6 is 0 Å². The van der Waals surface area contributed by atoms with Gasteiger partial charge in [-0.05, 0) is 120 Å². The number of methoxy groups -OCH3 is 1. The second-order valence-corrected chi connectivity index (χ2v) is 27.9. The molecule has 27 heteroatoms. The third-order valence-electron chi connectivity index (χ3n) is 19.0. The summed E-state index contributed by atoms with van der Waals surface area (Å²) in [5.74, 6) is -2.43. The summed E-state index contributed by atoms with van der Waals surface area (Å²) in [6, 6.07) is 7.52. The van der Waals surface area contributed by atoms with Crippen molar-refractivity contribution in [3.8, 4) is 23.0 Å². The number of benzene rings is 2. The summed E-state index contributed by atoms with van der Waals surface area (Å²) >= 11 is 0. The topological polar surface area (TPSA) is 321 Å². The number of carbonyl (C=O) groups is 7. The number of ether oxygens (including phenoxy) is 14. The van der Waals surface area contributed by atoms with Gasteiger partial charge in [0.25, 0.3) is 0 Å². The molecule has 0 aromatic heterocycles. The predicted octanol–water partition coefficient (Wildman–Crippen LogP) is 6.18. The number of nitrogens with one attached hydrogen (secondary N) is 6. The fourth-order valence-corrected chi connectivity index (χ4v) is 14.0. The zero-order valence-electron chi connectivity index (χ0n) is 60.1. The number of hydrogen-bond donors (Lipinski definition) is 6. The predicted molar refractivity (Wildman–Crippen MR) is 371 cm³/mol. The number of carbonyl (C=O) groups excluding carboxylic acids is 7. The third kappa shape index (κ3) is 28.9. The van der Waals surface area contributed by atoms with Gasteiger partial charge in [0.15, 0.2) is 23.0 Å². The second-order valence-electron chi connectivity index (χ2n) is 27.9. The Balaban J connectivity index is 0.965. The van der Waals surface area contributed by atoms with E-state index in [9.17, 15) is 33.6 Å². The summed E-state index contributed by atoms with van der Waals surface area (Å²) in [6.45, 7) is 12.3. The molecule has 6 aliphatic rings. The summed E-state index contributed by atoms with van der Waals surface area (Å²) in [5.41, 5.74) is 0.757. The van der Waals surface area contributed by atoms with E-state index in [0.29, 0.717) is 167 Å². The van der Waals surface area contributed by atoms with Crippen LogP contribution in [0, 0.1) is 23.7 Å². The van der Waals surface area contributed by atoms with Crippen molar-refractivity contribution in [2.24, 2.45) is 23.7 Å². The number of alkyl carbamates (subject to hydrolysis) is 1. The minimum atomic E-state index is -0.748. The van der Waals surface area contributed by atoms with Crippen molar-refractivity contribution in [2.75, 3.05) is 139 Å². The molecule has 4 fully saturated rings. The van der Waals surface area contributed by atoms with E-state index >= 15 is 0 Å². The van der Waals surface area contributed by atoms with Gasteiger partial charge >= 0.3 is 12.1 Å². The smallest absolute Gasteiger partial charge is 0.407 e. The lowest BCUT2D eigenvalue weighted by Crippen LogP contribution is -2.55. The van der Waals surface area contributed by atoms with E-state index in [1.807, 2.05) is 24.3 Å².